The molecule has 0 aromatic carbocycles. The number of aliphatic imine (C=N–C) groups is 1. The van der Waals surface area contributed by atoms with Crippen molar-refractivity contribution in [3.05, 3.63) is 30.6 Å². The molecule has 0 unspecified atom stereocenters. The van der Waals surface area contributed by atoms with Crippen molar-refractivity contribution in [2.24, 2.45) is 4.99 Å². The third-order valence-corrected chi connectivity index (χ3v) is 6.37. The molecule has 0 N–H and O–H groups in total. The Morgan fingerprint density at radius 2 is 2.23 bits per heavy atom. The number of fused-ring (bicyclic) bond motifs is 1. The minimum Gasteiger partial charge on any atom is -0.378 e. The fourth-order valence-corrected chi connectivity index (χ4v) is 4.89. The van der Waals surface area contributed by atoms with Gasteiger partial charge >= 0.3 is 0 Å². The minimum absolute atomic E-state index is 0.541. The molecular weight excluding hydrogens is 316 g/mol. The molecule has 22 heavy (non-hydrogen) atoms. The number of thioether (sulfide) groups is 2. The van der Waals surface area contributed by atoms with E-state index in [-0.39, 0.29) is 0 Å². The lowest BCUT2D eigenvalue weighted by Gasteiger charge is -2.28. The van der Waals surface area contributed by atoms with Gasteiger partial charge in [-0.1, -0.05) is 29.6 Å². The van der Waals surface area contributed by atoms with E-state index in [9.17, 15) is 0 Å². The van der Waals surface area contributed by atoms with Crippen molar-refractivity contribution in [2.75, 3.05) is 38.6 Å². The second-order valence-electron chi connectivity index (χ2n) is 5.31. The number of imidazole rings is 1. The van der Waals surface area contributed by atoms with Crippen LogP contribution in [0.5, 0.6) is 0 Å². The van der Waals surface area contributed by atoms with E-state index in [2.05, 4.69) is 26.5 Å². The summed E-state index contributed by atoms with van der Waals surface area (Å²) in [6.07, 6.45) is 4.00. The molecule has 0 radical (unpaired) electrons. The first kappa shape index (κ1) is 14.4. The van der Waals surface area contributed by atoms with E-state index < -0.39 is 0 Å². The minimum atomic E-state index is 0.541. The third kappa shape index (κ3) is 2.98. The number of hydrogen-bond acceptors (Lipinski definition) is 6. The molecule has 116 valence electrons. The highest BCUT2D eigenvalue weighted by atomic mass is 32.2. The van der Waals surface area contributed by atoms with Gasteiger partial charge in [0.15, 0.2) is 10.3 Å². The van der Waals surface area contributed by atoms with E-state index in [1.54, 1.807) is 0 Å². The first-order chi connectivity index (χ1) is 10.9. The first-order valence-corrected chi connectivity index (χ1v) is 9.35. The van der Waals surface area contributed by atoms with Crippen LogP contribution < -0.4 is 0 Å². The van der Waals surface area contributed by atoms with Gasteiger partial charge in [0.1, 0.15) is 0 Å². The molecular formula is C15H18N4OS2. The van der Waals surface area contributed by atoms with Crippen molar-refractivity contribution in [3.8, 4) is 0 Å². The second-order valence-corrected chi connectivity index (χ2v) is 7.56. The van der Waals surface area contributed by atoms with E-state index in [4.69, 9.17) is 9.73 Å². The van der Waals surface area contributed by atoms with Crippen LogP contribution in [0.25, 0.3) is 5.52 Å². The Morgan fingerprint density at radius 1 is 1.32 bits per heavy atom. The van der Waals surface area contributed by atoms with Crippen LogP contribution in [0.2, 0.25) is 0 Å². The van der Waals surface area contributed by atoms with Crippen LogP contribution in [0.1, 0.15) is 0 Å². The zero-order chi connectivity index (χ0) is 14.8. The predicted octanol–water partition coefficient (Wildman–Crippen LogP) is 2.23. The third-order valence-electron chi connectivity index (χ3n) is 3.79. The molecule has 2 aliphatic heterocycles. The van der Waals surface area contributed by atoms with E-state index in [0.717, 1.165) is 49.3 Å². The zero-order valence-electron chi connectivity index (χ0n) is 12.2. The maximum atomic E-state index is 5.40. The van der Waals surface area contributed by atoms with Crippen molar-refractivity contribution < 1.29 is 4.74 Å². The smallest absolute Gasteiger partial charge is 0.172 e. The Morgan fingerprint density at radius 3 is 3.14 bits per heavy atom. The van der Waals surface area contributed by atoms with Gasteiger partial charge in [0.2, 0.25) is 0 Å². The highest BCUT2D eigenvalue weighted by Gasteiger charge is 2.25. The van der Waals surface area contributed by atoms with Gasteiger partial charge in [0, 0.05) is 30.3 Å². The molecule has 1 atom stereocenters. The number of ether oxygens (including phenoxy) is 1. The van der Waals surface area contributed by atoms with E-state index in [1.807, 2.05) is 41.9 Å². The largest absolute Gasteiger partial charge is 0.378 e. The number of hydrogen-bond donors (Lipinski definition) is 0. The highest BCUT2D eigenvalue weighted by Crippen LogP contribution is 2.29. The maximum absolute atomic E-state index is 5.40. The molecule has 1 saturated heterocycles. The lowest BCUT2D eigenvalue weighted by Crippen LogP contribution is -2.39. The Kier molecular flexibility index (Phi) is 4.27. The summed E-state index contributed by atoms with van der Waals surface area (Å²) < 4.78 is 7.55. The van der Waals surface area contributed by atoms with Gasteiger partial charge in [0.05, 0.1) is 31.5 Å². The highest BCUT2D eigenvalue weighted by molar-refractivity contribution is 8.15. The van der Waals surface area contributed by atoms with Gasteiger partial charge in [0.25, 0.3) is 0 Å². The summed E-state index contributed by atoms with van der Waals surface area (Å²) in [5.74, 6) is 1.04. The molecule has 5 nitrogen and oxygen atoms in total. The normalized spacial score (nSPS) is 22.3. The van der Waals surface area contributed by atoms with Gasteiger partial charge < -0.3 is 9.64 Å². The number of aromatic nitrogens is 2. The van der Waals surface area contributed by atoms with Crippen molar-refractivity contribution in [1.82, 2.24) is 14.3 Å². The van der Waals surface area contributed by atoms with Gasteiger partial charge in [-0.2, -0.15) is 0 Å². The lowest BCUT2D eigenvalue weighted by molar-refractivity contribution is 0.0693. The van der Waals surface area contributed by atoms with E-state index in [0.29, 0.717) is 5.25 Å². The van der Waals surface area contributed by atoms with Crippen LogP contribution in [0, 0.1) is 0 Å². The average Bonchev–Trinajstić information content (AvgIpc) is 3.21. The van der Waals surface area contributed by atoms with E-state index >= 15 is 0 Å². The second kappa shape index (κ2) is 6.52. The van der Waals surface area contributed by atoms with Crippen LogP contribution in [0.3, 0.4) is 0 Å². The SMILES string of the molecule is c1ccn2c(SC[C@H]3CN=C(N4CCOCC4)S3)ncc2c1. The summed E-state index contributed by atoms with van der Waals surface area (Å²) in [6.45, 7) is 4.49. The fourth-order valence-electron chi connectivity index (χ4n) is 2.61. The molecule has 4 heterocycles. The molecule has 4 rings (SSSR count). The number of nitrogens with zero attached hydrogens (tertiary/aromatic N) is 4. The molecule has 2 aliphatic rings. The summed E-state index contributed by atoms with van der Waals surface area (Å²) in [6, 6.07) is 6.17. The Labute approximate surface area is 138 Å². The molecule has 2 aromatic rings. The summed E-state index contributed by atoms with van der Waals surface area (Å²) >= 11 is 3.72. The van der Waals surface area contributed by atoms with Crippen LogP contribution in [0.15, 0.2) is 40.7 Å². The number of rotatable bonds is 3. The monoisotopic (exact) mass is 334 g/mol. The maximum Gasteiger partial charge on any atom is 0.172 e. The molecule has 0 bridgehead atoms. The predicted molar refractivity (Wildman–Crippen MR) is 92.0 cm³/mol. The topological polar surface area (TPSA) is 42.1 Å². The average molecular weight is 334 g/mol. The number of morpholine rings is 1. The van der Waals surface area contributed by atoms with Crippen molar-refractivity contribution in [3.63, 3.8) is 0 Å². The van der Waals surface area contributed by atoms with Gasteiger partial charge in [-0.05, 0) is 12.1 Å². The Balaban J connectivity index is 1.34. The number of pyridine rings is 1. The lowest BCUT2D eigenvalue weighted by atomic mass is 10.4. The van der Waals surface area contributed by atoms with E-state index in [1.165, 1.54) is 5.17 Å². The number of amidine groups is 1. The summed E-state index contributed by atoms with van der Waals surface area (Å²) in [5, 5.41) is 2.80. The van der Waals surface area contributed by atoms with Crippen molar-refractivity contribution >= 4 is 34.2 Å². The Hall–Kier alpha value is -1.18. The molecule has 0 spiro atoms. The molecule has 1 fully saturated rings. The van der Waals surface area contributed by atoms with Crippen molar-refractivity contribution in [1.29, 1.82) is 0 Å². The quantitative estimate of drug-likeness (QED) is 0.805. The van der Waals surface area contributed by atoms with Crippen LogP contribution in [-0.4, -0.2) is 63.3 Å². The summed E-state index contributed by atoms with van der Waals surface area (Å²) in [7, 11) is 0. The summed E-state index contributed by atoms with van der Waals surface area (Å²) in [5.41, 5.74) is 1.15. The van der Waals surface area contributed by atoms with Crippen molar-refractivity contribution in [2.45, 2.75) is 10.4 Å². The first-order valence-electron chi connectivity index (χ1n) is 7.49. The molecule has 0 saturated carbocycles. The van der Waals surface area contributed by atoms with Crippen LogP contribution >= 0.6 is 23.5 Å². The van der Waals surface area contributed by atoms with Crippen LogP contribution in [-0.2, 0) is 4.74 Å². The fraction of sp³-hybridized carbons (Fsp3) is 0.467. The van der Waals surface area contributed by atoms with Gasteiger partial charge in [-0.15, -0.1) is 0 Å². The zero-order valence-corrected chi connectivity index (χ0v) is 13.9. The Bertz CT molecular complexity index is 681. The van der Waals surface area contributed by atoms with Crippen LogP contribution in [0.4, 0.5) is 0 Å². The van der Waals surface area contributed by atoms with Gasteiger partial charge in [-0.3, -0.25) is 9.39 Å². The molecule has 0 aliphatic carbocycles. The standard InChI is InChI=1S/C15H18N4OS2/c1-2-4-19-12(3-1)9-16-15(19)21-11-13-10-17-14(22-13)18-5-7-20-8-6-18/h1-4,9,13H,5-8,10-11H2/t13-/m1/s1. The molecule has 2 aromatic heterocycles. The summed E-state index contributed by atoms with van der Waals surface area (Å²) in [4.78, 5) is 11.6. The van der Waals surface area contributed by atoms with Gasteiger partial charge in [-0.25, -0.2) is 4.98 Å². The molecule has 7 heteroatoms. The molecule has 0 amide bonds.